The SMILES string of the molecule is CCc1nc(N)n2c(SCc3ccc(OC)cc3)nnc2c1C. The number of aromatic nitrogens is 4. The predicted octanol–water partition coefficient (Wildman–Crippen LogP) is 2.88. The molecule has 0 fully saturated rings. The second-order valence-electron chi connectivity index (χ2n) is 5.17. The van der Waals surface area contributed by atoms with Crippen molar-refractivity contribution in [1.82, 2.24) is 19.6 Å². The maximum Gasteiger partial charge on any atom is 0.208 e. The molecule has 0 unspecified atom stereocenters. The Bertz CT molecular complexity index is 829. The summed E-state index contributed by atoms with van der Waals surface area (Å²) in [7, 11) is 1.66. The smallest absolute Gasteiger partial charge is 0.208 e. The van der Waals surface area contributed by atoms with Gasteiger partial charge >= 0.3 is 0 Å². The van der Waals surface area contributed by atoms with Crippen LogP contribution in [0.15, 0.2) is 29.4 Å². The highest BCUT2D eigenvalue weighted by molar-refractivity contribution is 7.98. The lowest BCUT2D eigenvalue weighted by Gasteiger charge is -2.08. The van der Waals surface area contributed by atoms with Crippen molar-refractivity contribution < 1.29 is 4.74 Å². The molecule has 0 aliphatic carbocycles. The van der Waals surface area contributed by atoms with E-state index in [0.29, 0.717) is 5.95 Å². The molecule has 3 aromatic rings. The van der Waals surface area contributed by atoms with Gasteiger partial charge in [0, 0.05) is 11.3 Å². The third kappa shape index (κ3) is 2.96. The molecule has 1 aromatic carbocycles. The van der Waals surface area contributed by atoms with Crippen LogP contribution in [0.25, 0.3) is 5.65 Å². The lowest BCUT2D eigenvalue weighted by Crippen LogP contribution is -2.07. The van der Waals surface area contributed by atoms with Crippen LogP contribution in [-0.2, 0) is 12.2 Å². The van der Waals surface area contributed by atoms with E-state index < -0.39 is 0 Å². The average Bonchev–Trinajstić information content (AvgIpc) is 3.01. The first-order valence-electron chi connectivity index (χ1n) is 7.39. The zero-order chi connectivity index (χ0) is 16.4. The summed E-state index contributed by atoms with van der Waals surface area (Å²) < 4.78 is 6.99. The lowest BCUT2D eigenvalue weighted by atomic mass is 10.2. The number of benzene rings is 1. The molecule has 120 valence electrons. The van der Waals surface area contributed by atoms with Crippen LogP contribution in [0.1, 0.15) is 23.7 Å². The fourth-order valence-electron chi connectivity index (χ4n) is 2.43. The van der Waals surface area contributed by atoms with Crippen molar-refractivity contribution in [1.29, 1.82) is 0 Å². The van der Waals surface area contributed by atoms with Gasteiger partial charge in [-0.25, -0.2) is 9.38 Å². The Morgan fingerprint density at radius 2 is 1.96 bits per heavy atom. The Labute approximate surface area is 139 Å². The molecule has 0 amide bonds. The van der Waals surface area contributed by atoms with E-state index in [0.717, 1.165) is 40.0 Å². The Morgan fingerprint density at radius 3 is 2.61 bits per heavy atom. The topological polar surface area (TPSA) is 78.3 Å². The van der Waals surface area contributed by atoms with E-state index in [1.807, 2.05) is 35.6 Å². The molecule has 0 spiro atoms. The molecule has 0 radical (unpaired) electrons. The quantitative estimate of drug-likeness (QED) is 0.725. The number of aryl methyl sites for hydroxylation is 2. The fraction of sp³-hybridized carbons (Fsp3) is 0.312. The van der Waals surface area contributed by atoms with Crippen LogP contribution in [0.5, 0.6) is 5.75 Å². The van der Waals surface area contributed by atoms with Gasteiger partial charge in [-0.3, -0.25) is 0 Å². The first-order valence-corrected chi connectivity index (χ1v) is 8.38. The Morgan fingerprint density at radius 1 is 1.22 bits per heavy atom. The maximum absolute atomic E-state index is 6.10. The molecule has 7 heteroatoms. The van der Waals surface area contributed by atoms with E-state index in [2.05, 4.69) is 22.1 Å². The van der Waals surface area contributed by atoms with Crippen molar-refractivity contribution in [2.45, 2.75) is 31.2 Å². The zero-order valence-electron chi connectivity index (χ0n) is 13.4. The number of thioether (sulfide) groups is 1. The molecule has 6 nitrogen and oxygen atoms in total. The minimum absolute atomic E-state index is 0.435. The van der Waals surface area contributed by atoms with E-state index in [1.165, 1.54) is 5.56 Å². The van der Waals surface area contributed by atoms with E-state index in [1.54, 1.807) is 18.9 Å². The van der Waals surface area contributed by atoms with Crippen LogP contribution in [-0.4, -0.2) is 26.7 Å². The molecule has 0 aliphatic heterocycles. The number of nitrogens with zero attached hydrogens (tertiary/aromatic N) is 4. The lowest BCUT2D eigenvalue weighted by molar-refractivity contribution is 0.414. The summed E-state index contributed by atoms with van der Waals surface area (Å²) in [6, 6.07) is 7.98. The summed E-state index contributed by atoms with van der Waals surface area (Å²) in [5.41, 5.74) is 10.1. The van der Waals surface area contributed by atoms with Crippen molar-refractivity contribution >= 4 is 23.4 Å². The van der Waals surface area contributed by atoms with Crippen molar-refractivity contribution in [3.63, 3.8) is 0 Å². The molecule has 2 N–H and O–H groups in total. The third-order valence-corrected chi connectivity index (χ3v) is 4.74. The Hall–Kier alpha value is -2.28. The largest absolute Gasteiger partial charge is 0.497 e. The highest BCUT2D eigenvalue weighted by atomic mass is 32.2. The standard InChI is InChI=1S/C16H19N5OS/c1-4-13-10(2)14-19-20-16(21(14)15(17)18-13)23-9-11-5-7-12(22-3)8-6-11/h5-8H,4,9H2,1-3H3,(H2,17,18). The summed E-state index contributed by atoms with van der Waals surface area (Å²) >= 11 is 1.59. The molecular formula is C16H19N5OS. The molecule has 0 saturated carbocycles. The van der Waals surface area contributed by atoms with Gasteiger partial charge in [0.2, 0.25) is 5.95 Å². The van der Waals surface area contributed by atoms with Crippen molar-refractivity contribution in [3.8, 4) is 5.75 Å². The molecule has 2 aromatic heterocycles. The van der Waals surface area contributed by atoms with Gasteiger partial charge in [0.05, 0.1) is 12.8 Å². The summed E-state index contributed by atoms with van der Waals surface area (Å²) in [4.78, 5) is 4.46. The van der Waals surface area contributed by atoms with Gasteiger partial charge in [-0.15, -0.1) is 10.2 Å². The van der Waals surface area contributed by atoms with Gasteiger partial charge in [-0.2, -0.15) is 0 Å². The number of methoxy groups -OCH3 is 1. The number of ether oxygens (including phenoxy) is 1. The fourth-order valence-corrected chi connectivity index (χ4v) is 3.32. The monoisotopic (exact) mass is 329 g/mol. The van der Waals surface area contributed by atoms with Gasteiger partial charge < -0.3 is 10.5 Å². The highest BCUT2D eigenvalue weighted by Crippen LogP contribution is 2.26. The van der Waals surface area contributed by atoms with Crippen LogP contribution >= 0.6 is 11.8 Å². The zero-order valence-corrected chi connectivity index (χ0v) is 14.2. The van der Waals surface area contributed by atoms with Crippen molar-refractivity contribution in [2.75, 3.05) is 12.8 Å². The molecule has 2 heterocycles. The molecule has 3 rings (SSSR count). The summed E-state index contributed by atoms with van der Waals surface area (Å²) in [6.07, 6.45) is 0.827. The maximum atomic E-state index is 6.10. The second-order valence-corrected chi connectivity index (χ2v) is 6.12. The first kappa shape index (κ1) is 15.6. The van der Waals surface area contributed by atoms with E-state index in [9.17, 15) is 0 Å². The van der Waals surface area contributed by atoms with Crippen LogP contribution < -0.4 is 10.5 Å². The van der Waals surface area contributed by atoms with Crippen molar-refractivity contribution in [3.05, 3.63) is 41.1 Å². The van der Waals surface area contributed by atoms with Crippen LogP contribution in [0.4, 0.5) is 5.95 Å². The second kappa shape index (κ2) is 6.45. The minimum atomic E-state index is 0.435. The summed E-state index contributed by atoms with van der Waals surface area (Å²) in [5, 5.41) is 9.31. The predicted molar refractivity (Wildman–Crippen MR) is 91.9 cm³/mol. The first-order chi connectivity index (χ1) is 11.1. The molecule has 0 atom stereocenters. The number of rotatable bonds is 5. The highest BCUT2D eigenvalue weighted by Gasteiger charge is 2.15. The van der Waals surface area contributed by atoms with Gasteiger partial charge in [0.15, 0.2) is 10.8 Å². The van der Waals surface area contributed by atoms with E-state index >= 15 is 0 Å². The molecule has 23 heavy (non-hydrogen) atoms. The summed E-state index contributed by atoms with van der Waals surface area (Å²) in [5.74, 6) is 2.06. The molecular weight excluding hydrogens is 310 g/mol. The molecule has 0 aliphatic rings. The minimum Gasteiger partial charge on any atom is -0.497 e. The third-order valence-electron chi connectivity index (χ3n) is 3.74. The van der Waals surface area contributed by atoms with E-state index in [-0.39, 0.29) is 0 Å². The Balaban J connectivity index is 1.87. The van der Waals surface area contributed by atoms with Gasteiger partial charge in [-0.1, -0.05) is 30.8 Å². The molecule has 0 bridgehead atoms. The normalized spacial score (nSPS) is 11.1. The summed E-state index contributed by atoms with van der Waals surface area (Å²) in [6.45, 7) is 4.06. The van der Waals surface area contributed by atoms with Gasteiger partial charge in [0.1, 0.15) is 5.75 Å². The van der Waals surface area contributed by atoms with Crippen molar-refractivity contribution in [2.24, 2.45) is 0 Å². The van der Waals surface area contributed by atoms with Crippen LogP contribution in [0.3, 0.4) is 0 Å². The van der Waals surface area contributed by atoms with Crippen LogP contribution in [0, 0.1) is 6.92 Å². The Kier molecular flexibility index (Phi) is 4.38. The number of hydrogen-bond donors (Lipinski definition) is 1. The molecule has 0 saturated heterocycles. The number of nitrogens with two attached hydrogens (primary N) is 1. The number of fused-ring (bicyclic) bond motifs is 1. The van der Waals surface area contributed by atoms with Gasteiger partial charge in [0.25, 0.3) is 0 Å². The van der Waals surface area contributed by atoms with E-state index in [4.69, 9.17) is 10.5 Å². The van der Waals surface area contributed by atoms with Crippen LogP contribution in [0.2, 0.25) is 0 Å². The number of hydrogen-bond acceptors (Lipinski definition) is 6. The van der Waals surface area contributed by atoms with Gasteiger partial charge in [-0.05, 0) is 31.0 Å². The number of nitrogen functional groups attached to an aromatic ring is 1. The number of anilines is 1. The average molecular weight is 329 g/mol.